The van der Waals surface area contributed by atoms with Crippen molar-refractivity contribution in [1.29, 1.82) is 0 Å². The van der Waals surface area contributed by atoms with Gasteiger partial charge in [-0.05, 0) is 36.6 Å². The molecular formula is C20H23NO7S. The summed E-state index contributed by atoms with van der Waals surface area (Å²) in [6, 6.07) is 7.77. The van der Waals surface area contributed by atoms with Gasteiger partial charge in [0.2, 0.25) is 15.8 Å². The first kappa shape index (κ1) is 21.1. The monoisotopic (exact) mass is 421 g/mol. The predicted octanol–water partition coefficient (Wildman–Crippen LogP) is 2.53. The molecule has 0 saturated carbocycles. The summed E-state index contributed by atoms with van der Waals surface area (Å²) in [5.41, 5.74) is 1.04. The van der Waals surface area contributed by atoms with Gasteiger partial charge < -0.3 is 13.9 Å². The molecule has 0 spiro atoms. The Kier molecular flexibility index (Phi) is 6.71. The number of furan rings is 1. The molecule has 9 heteroatoms. The van der Waals surface area contributed by atoms with Gasteiger partial charge in [-0.2, -0.15) is 4.31 Å². The van der Waals surface area contributed by atoms with Crippen LogP contribution in [0.15, 0.2) is 45.9 Å². The highest BCUT2D eigenvalue weighted by Gasteiger charge is 2.25. The molecule has 29 heavy (non-hydrogen) atoms. The van der Waals surface area contributed by atoms with Gasteiger partial charge in [-0.15, -0.1) is 0 Å². The molecular weight excluding hydrogens is 398 g/mol. The van der Waals surface area contributed by atoms with E-state index in [0.717, 1.165) is 19.3 Å². The lowest BCUT2D eigenvalue weighted by Gasteiger charge is -2.25. The zero-order valence-corrected chi connectivity index (χ0v) is 16.9. The van der Waals surface area contributed by atoms with Crippen molar-refractivity contribution in [3.63, 3.8) is 0 Å². The van der Waals surface area contributed by atoms with E-state index in [1.807, 2.05) is 0 Å². The molecule has 1 fully saturated rings. The maximum Gasteiger partial charge on any atom is 0.374 e. The largest absolute Gasteiger partial charge is 0.463 e. The molecule has 1 aromatic heterocycles. The summed E-state index contributed by atoms with van der Waals surface area (Å²) >= 11 is 0. The first-order chi connectivity index (χ1) is 13.9. The van der Waals surface area contributed by atoms with Crippen LogP contribution in [0.5, 0.6) is 0 Å². The number of carbonyl (C=O) groups excluding carboxylic acids is 2. The number of hydrogen-bond donors (Lipinski definition) is 0. The predicted molar refractivity (Wildman–Crippen MR) is 103 cm³/mol. The topological polar surface area (TPSA) is 103 Å². The Bertz CT molecular complexity index is 957. The van der Waals surface area contributed by atoms with Crippen LogP contribution in [0.2, 0.25) is 0 Å². The molecule has 1 aliphatic rings. The van der Waals surface area contributed by atoms with Gasteiger partial charge in [0.1, 0.15) is 6.61 Å². The first-order valence-electron chi connectivity index (χ1n) is 9.31. The van der Waals surface area contributed by atoms with Crippen molar-refractivity contribution >= 4 is 22.0 Å². The zero-order chi connectivity index (χ0) is 20.9. The highest BCUT2D eigenvalue weighted by Crippen LogP contribution is 2.21. The number of rotatable bonds is 7. The van der Waals surface area contributed by atoms with Gasteiger partial charge in [-0.25, -0.2) is 13.2 Å². The number of benzene rings is 1. The van der Waals surface area contributed by atoms with Crippen LogP contribution in [0.25, 0.3) is 0 Å². The standard InChI is InChI=1S/C20H23NO7S/c1-26-20(23)19-16(9-12-27-19)14-28-18(22)13-15-5-7-17(8-6-15)29(24,25)21-10-3-2-4-11-21/h5-9,12H,2-4,10-11,13-14H2,1H3. The molecule has 0 atom stereocenters. The number of carbonyl (C=O) groups is 2. The van der Waals surface area contributed by atoms with Crippen molar-refractivity contribution in [2.45, 2.75) is 37.2 Å². The number of hydrogen-bond acceptors (Lipinski definition) is 7. The summed E-state index contributed by atoms with van der Waals surface area (Å²) in [5, 5.41) is 0. The molecule has 3 rings (SSSR count). The Morgan fingerprint density at radius 1 is 1.07 bits per heavy atom. The highest BCUT2D eigenvalue weighted by molar-refractivity contribution is 7.89. The van der Waals surface area contributed by atoms with E-state index in [1.54, 1.807) is 12.1 Å². The third-order valence-electron chi connectivity index (χ3n) is 4.73. The summed E-state index contributed by atoms with van der Waals surface area (Å²) in [4.78, 5) is 23.9. The second-order valence-corrected chi connectivity index (χ2v) is 8.65. The van der Waals surface area contributed by atoms with E-state index in [-0.39, 0.29) is 23.7 Å². The maximum atomic E-state index is 12.7. The Hall–Kier alpha value is -2.65. The second kappa shape index (κ2) is 9.23. The van der Waals surface area contributed by atoms with Gasteiger partial charge in [-0.1, -0.05) is 18.6 Å². The SMILES string of the molecule is COC(=O)c1occc1COC(=O)Cc1ccc(S(=O)(=O)N2CCCCC2)cc1. The lowest BCUT2D eigenvalue weighted by Crippen LogP contribution is -2.35. The van der Waals surface area contributed by atoms with Crippen molar-refractivity contribution in [2.75, 3.05) is 20.2 Å². The molecule has 1 aliphatic heterocycles. The number of piperidine rings is 1. The average molecular weight is 421 g/mol. The Balaban J connectivity index is 1.57. The molecule has 0 N–H and O–H groups in total. The second-order valence-electron chi connectivity index (χ2n) is 6.71. The summed E-state index contributed by atoms with van der Waals surface area (Å²) in [5.74, 6) is -1.16. The van der Waals surface area contributed by atoms with Crippen molar-refractivity contribution < 1.29 is 31.9 Å². The molecule has 1 aromatic carbocycles. The Labute approximate surface area is 169 Å². The van der Waals surface area contributed by atoms with Crippen molar-refractivity contribution in [3.8, 4) is 0 Å². The zero-order valence-electron chi connectivity index (χ0n) is 16.1. The minimum Gasteiger partial charge on any atom is -0.463 e. The fourth-order valence-electron chi connectivity index (χ4n) is 3.13. The summed E-state index contributed by atoms with van der Waals surface area (Å²) in [6.45, 7) is 0.956. The van der Waals surface area contributed by atoms with Gasteiger partial charge >= 0.3 is 11.9 Å². The lowest BCUT2D eigenvalue weighted by atomic mass is 10.1. The third-order valence-corrected chi connectivity index (χ3v) is 6.64. The fourth-order valence-corrected chi connectivity index (χ4v) is 4.65. The smallest absolute Gasteiger partial charge is 0.374 e. The van der Waals surface area contributed by atoms with Crippen LogP contribution in [-0.2, 0) is 37.3 Å². The van der Waals surface area contributed by atoms with Gasteiger partial charge in [0.25, 0.3) is 0 Å². The average Bonchev–Trinajstić information content (AvgIpc) is 3.21. The quantitative estimate of drug-likeness (QED) is 0.633. The Morgan fingerprint density at radius 2 is 1.76 bits per heavy atom. The number of esters is 2. The van der Waals surface area contributed by atoms with Crippen LogP contribution < -0.4 is 0 Å². The van der Waals surface area contributed by atoms with Crippen LogP contribution in [0, 0.1) is 0 Å². The highest BCUT2D eigenvalue weighted by atomic mass is 32.2. The summed E-state index contributed by atoms with van der Waals surface area (Å²) in [6.07, 6.45) is 4.09. The van der Waals surface area contributed by atoms with E-state index < -0.39 is 22.0 Å². The minimum absolute atomic E-state index is 0.00688. The van der Waals surface area contributed by atoms with Crippen LogP contribution in [0.3, 0.4) is 0 Å². The fraction of sp³-hybridized carbons (Fsp3) is 0.400. The van der Waals surface area contributed by atoms with Crippen LogP contribution in [0.4, 0.5) is 0 Å². The molecule has 0 bridgehead atoms. The number of methoxy groups -OCH3 is 1. The molecule has 0 amide bonds. The molecule has 156 valence electrons. The summed E-state index contributed by atoms with van der Waals surface area (Å²) < 4.78 is 41.6. The first-order valence-corrected chi connectivity index (χ1v) is 10.7. The van der Waals surface area contributed by atoms with E-state index in [2.05, 4.69) is 4.74 Å². The molecule has 0 radical (unpaired) electrons. The van der Waals surface area contributed by atoms with E-state index in [9.17, 15) is 18.0 Å². The van der Waals surface area contributed by atoms with Crippen LogP contribution in [-0.4, -0.2) is 44.9 Å². The van der Waals surface area contributed by atoms with E-state index in [0.29, 0.717) is 24.2 Å². The molecule has 0 unspecified atom stereocenters. The number of ether oxygens (including phenoxy) is 2. The van der Waals surface area contributed by atoms with Gasteiger partial charge in [-0.3, -0.25) is 4.79 Å². The van der Waals surface area contributed by atoms with Gasteiger partial charge in [0.15, 0.2) is 0 Å². The lowest BCUT2D eigenvalue weighted by molar-refractivity contribution is -0.144. The molecule has 2 aromatic rings. The van der Waals surface area contributed by atoms with Gasteiger partial charge in [0, 0.05) is 18.7 Å². The number of nitrogens with zero attached hydrogens (tertiary/aromatic N) is 1. The van der Waals surface area contributed by atoms with Crippen molar-refractivity contribution in [1.82, 2.24) is 4.31 Å². The third kappa shape index (κ3) is 5.04. The van der Waals surface area contributed by atoms with E-state index >= 15 is 0 Å². The maximum absolute atomic E-state index is 12.7. The van der Waals surface area contributed by atoms with E-state index in [4.69, 9.17) is 9.15 Å². The minimum atomic E-state index is -3.50. The van der Waals surface area contributed by atoms with Crippen LogP contribution >= 0.6 is 0 Å². The number of sulfonamides is 1. The van der Waals surface area contributed by atoms with Gasteiger partial charge in [0.05, 0.1) is 24.7 Å². The Morgan fingerprint density at radius 3 is 2.41 bits per heavy atom. The molecule has 2 heterocycles. The summed E-state index contributed by atoms with van der Waals surface area (Å²) in [7, 11) is -2.27. The molecule has 0 aliphatic carbocycles. The van der Waals surface area contributed by atoms with Crippen molar-refractivity contribution in [3.05, 3.63) is 53.5 Å². The molecule has 1 saturated heterocycles. The molecule has 8 nitrogen and oxygen atoms in total. The van der Waals surface area contributed by atoms with E-state index in [1.165, 1.54) is 35.9 Å². The normalized spacial score (nSPS) is 15.1. The van der Waals surface area contributed by atoms with Crippen molar-refractivity contribution in [2.24, 2.45) is 0 Å². The van der Waals surface area contributed by atoms with Crippen LogP contribution in [0.1, 0.15) is 40.9 Å².